The fourth-order valence-corrected chi connectivity index (χ4v) is 3.46. The zero-order chi connectivity index (χ0) is 22.7. The van der Waals surface area contributed by atoms with Crippen LogP contribution in [-0.2, 0) is 9.53 Å². The number of aromatic hydroxyl groups is 1. The molecule has 3 aromatic rings. The van der Waals surface area contributed by atoms with Crippen molar-refractivity contribution in [2.24, 2.45) is 0 Å². The third kappa shape index (κ3) is 4.55. The summed E-state index contributed by atoms with van der Waals surface area (Å²) in [5.74, 6) is -1.70. The number of para-hydroxylation sites is 1. The lowest BCUT2D eigenvalue weighted by atomic mass is 9.97. The number of esters is 1. The molecule has 1 saturated heterocycles. The van der Waals surface area contributed by atoms with E-state index in [2.05, 4.69) is 15.6 Å². The van der Waals surface area contributed by atoms with Crippen molar-refractivity contribution in [3.63, 3.8) is 0 Å². The normalized spacial score (nSPS) is 15.2. The number of ether oxygens (including phenoxy) is 1. The molecule has 2 heterocycles. The van der Waals surface area contributed by atoms with Crippen LogP contribution in [0.25, 0.3) is 0 Å². The summed E-state index contributed by atoms with van der Waals surface area (Å²) >= 11 is 5.80. The van der Waals surface area contributed by atoms with Crippen LogP contribution >= 0.6 is 11.6 Å². The van der Waals surface area contributed by atoms with Crippen LogP contribution in [0.4, 0.5) is 11.5 Å². The van der Waals surface area contributed by atoms with E-state index >= 15 is 0 Å². The average Bonchev–Trinajstić information content (AvgIpc) is 3.22. The Bertz CT molecular complexity index is 1180. The maximum Gasteiger partial charge on any atom is 0.313 e. The Balaban J connectivity index is 1.52. The van der Waals surface area contributed by atoms with Crippen molar-refractivity contribution in [2.75, 3.05) is 17.2 Å². The zero-order valence-corrected chi connectivity index (χ0v) is 17.4. The Morgan fingerprint density at radius 1 is 1.03 bits per heavy atom. The van der Waals surface area contributed by atoms with E-state index < -0.39 is 11.8 Å². The van der Waals surface area contributed by atoms with Gasteiger partial charge in [0.15, 0.2) is 0 Å². The molecule has 1 unspecified atom stereocenters. The Labute approximate surface area is 188 Å². The van der Waals surface area contributed by atoms with Gasteiger partial charge >= 0.3 is 5.97 Å². The number of hydrogen-bond donors (Lipinski definition) is 3. The first-order valence-corrected chi connectivity index (χ1v) is 10.1. The molecule has 0 aliphatic carbocycles. The Kier molecular flexibility index (Phi) is 6.04. The number of carbonyl (C=O) groups is 3. The molecular formula is C23H18ClN3O5. The lowest BCUT2D eigenvalue weighted by Crippen LogP contribution is -2.19. The van der Waals surface area contributed by atoms with Crippen molar-refractivity contribution >= 4 is 40.9 Å². The summed E-state index contributed by atoms with van der Waals surface area (Å²) in [6, 6.07) is 14.0. The Morgan fingerprint density at radius 3 is 2.47 bits per heavy atom. The summed E-state index contributed by atoms with van der Waals surface area (Å²) in [5, 5.41) is 15.9. The molecule has 1 aliphatic heterocycles. The molecule has 1 aliphatic rings. The fourth-order valence-electron chi connectivity index (χ4n) is 3.35. The van der Waals surface area contributed by atoms with Gasteiger partial charge in [0.2, 0.25) is 0 Å². The summed E-state index contributed by atoms with van der Waals surface area (Å²) in [6.45, 7) is 0.384. The molecule has 3 N–H and O–H groups in total. The number of aromatic nitrogens is 1. The van der Waals surface area contributed by atoms with Crippen molar-refractivity contribution < 1.29 is 24.2 Å². The van der Waals surface area contributed by atoms with Gasteiger partial charge in [0.25, 0.3) is 11.8 Å². The van der Waals surface area contributed by atoms with Gasteiger partial charge in [-0.05, 0) is 48.4 Å². The van der Waals surface area contributed by atoms with Crippen molar-refractivity contribution in [2.45, 2.75) is 12.3 Å². The van der Waals surface area contributed by atoms with E-state index in [0.29, 0.717) is 23.6 Å². The molecule has 1 atom stereocenters. The van der Waals surface area contributed by atoms with Gasteiger partial charge in [0.05, 0.1) is 28.8 Å². The highest BCUT2D eigenvalue weighted by atomic mass is 35.5. The van der Waals surface area contributed by atoms with Crippen LogP contribution in [0.3, 0.4) is 0 Å². The molecular weight excluding hydrogens is 434 g/mol. The fraction of sp³-hybridized carbons (Fsp3) is 0.130. The molecule has 162 valence electrons. The van der Waals surface area contributed by atoms with Crippen LogP contribution in [-0.4, -0.2) is 34.5 Å². The standard InChI is InChI=1S/C23H18ClN3O5/c24-15-8-9-19(25-12-15)26-22(30)17-2-1-3-18(28)20(17)27-21(29)14-6-4-13(5-7-14)16-10-11-32-23(16)31/h1-9,12,16,28H,10-11H2,(H,27,29)(H,25,26,30). The number of hydrogen-bond acceptors (Lipinski definition) is 6. The predicted molar refractivity (Wildman–Crippen MR) is 118 cm³/mol. The number of cyclic esters (lactones) is 1. The second kappa shape index (κ2) is 9.07. The minimum Gasteiger partial charge on any atom is -0.506 e. The largest absolute Gasteiger partial charge is 0.506 e. The van der Waals surface area contributed by atoms with Gasteiger partial charge in [0, 0.05) is 11.8 Å². The molecule has 8 nitrogen and oxygen atoms in total. The van der Waals surface area contributed by atoms with Crippen LogP contribution in [0.5, 0.6) is 5.75 Å². The molecule has 0 spiro atoms. The van der Waals surface area contributed by atoms with Crippen molar-refractivity contribution in [3.8, 4) is 5.75 Å². The van der Waals surface area contributed by atoms with Gasteiger partial charge in [-0.3, -0.25) is 14.4 Å². The van der Waals surface area contributed by atoms with Crippen molar-refractivity contribution in [1.82, 2.24) is 4.98 Å². The molecule has 1 aromatic heterocycles. The Hall–Kier alpha value is -3.91. The van der Waals surface area contributed by atoms with Gasteiger partial charge in [-0.15, -0.1) is 0 Å². The number of pyridine rings is 1. The smallest absolute Gasteiger partial charge is 0.313 e. The van der Waals surface area contributed by atoms with E-state index in [1.807, 2.05) is 0 Å². The minimum absolute atomic E-state index is 0.0348. The molecule has 4 rings (SSSR count). The lowest BCUT2D eigenvalue weighted by Gasteiger charge is -2.13. The van der Waals surface area contributed by atoms with E-state index in [4.69, 9.17) is 16.3 Å². The topological polar surface area (TPSA) is 118 Å². The maximum atomic E-state index is 12.8. The summed E-state index contributed by atoms with van der Waals surface area (Å²) in [5.41, 5.74) is 1.09. The SMILES string of the molecule is O=C(Nc1c(O)cccc1C(=O)Nc1ccc(Cl)cn1)c1ccc(C2CCOC2=O)cc1. The molecule has 2 aromatic carbocycles. The summed E-state index contributed by atoms with van der Waals surface area (Å²) < 4.78 is 4.98. The van der Waals surface area contributed by atoms with E-state index in [1.165, 1.54) is 30.5 Å². The van der Waals surface area contributed by atoms with E-state index in [-0.39, 0.29) is 34.7 Å². The van der Waals surface area contributed by atoms with E-state index in [0.717, 1.165) is 5.56 Å². The number of phenolic OH excluding ortho intramolecular Hbond substituents is 1. The second-order valence-corrected chi connectivity index (χ2v) is 7.54. The van der Waals surface area contributed by atoms with Crippen LogP contribution in [0.1, 0.15) is 38.6 Å². The number of anilines is 2. The molecule has 2 amide bonds. The van der Waals surface area contributed by atoms with E-state index in [1.54, 1.807) is 30.3 Å². The number of halogens is 1. The third-order valence-corrected chi connectivity index (χ3v) is 5.23. The maximum absolute atomic E-state index is 12.8. The minimum atomic E-state index is -0.568. The molecule has 1 fully saturated rings. The summed E-state index contributed by atoms with van der Waals surface area (Å²) in [7, 11) is 0. The molecule has 9 heteroatoms. The van der Waals surface area contributed by atoms with Gasteiger partial charge < -0.3 is 20.5 Å². The van der Waals surface area contributed by atoms with Crippen LogP contribution < -0.4 is 10.6 Å². The number of nitrogens with zero attached hydrogens (tertiary/aromatic N) is 1. The van der Waals surface area contributed by atoms with Crippen LogP contribution in [0.2, 0.25) is 5.02 Å². The van der Waals surface area contributed by atoms with Crippen molar-refractivity contribution in [1.29, 1.82) is 0 Å². The van der Waals surface area contributed by atoms with Crippen LogP contribution in [0, 0.1) is 0 Å². The second-order valence-electron chi connectivity index (χ2n) is 7.10. The predicted octanol–water partition coefficient (Wildman–Crippen LogP) is 3.98. The third-order valence-electron chi connectivity index (χ3n) is 5.01. The first-order chi connectivity index (χ1) is 15.4. The van der Waals surface area contributed by atoms with Crippen LogP contribution in [0.15, 0.2) is 60.8 Å². The van der Waals surface area contributed by atoms with Gasteiger partial charge in [-0.25, -0.2) is 4.98 Å². The molecule has 0 radical (unpaired) electrons. The summed E-state index contributed by atoms with van der Waals surface area (Å²) in [4.78, 5) is 41.2. The number of carbonyl (C=O) groups excluding carboxylic acids is 3. The number of nitrogens with one attached hydrogen (secondary N) is 2. The molecule has 0 saturated carbocycles. The lowest BCUT2D eigenvalue weighted by molar-refractivity contribution is -0.139. The van der Waals surface area contributed by atoms with Gasteiger partial charge in [-0.1, -0.05) is 29.8 Å². The molecule has 32 heavy (non-hydrogen) atoms. The monoisotopic (exact) mass is 451 g/mol. The summed E-state index contributed by atoms with van der Waals surface area (Å²) in [6.07, 6.45) is 1.99. The molecule has 0 bridgehead atoms. The van der Waals surface area contributed by atoms with Crippen molar-refractivity contribution in [3.05, 3.63) is 82.5 Å². The number of benzene rings is 2. The number of amides is 2. The highest BCUT2D eigenvalue weighted by molar-refractivity contribution is 6.30. The van der Waals surface area contributed by atoms with Gasteiger partial charge in [-0.2, -0.15) is 0 Å². The first kappa shape index (κ1) is 21.3. The number of phenols is 1. The average molecular weight is 452 g/mol. The Morgan fingerprint density at radius 2 is 1.81 bits per heavy atom. The van der Waals surface area contributed by atoms with E-state index in [9.17, 15) is 19.5 Å². The zero-order valence-electron chi connectivity index (χ0n) is 16.7. The van der Waals surface area contributed by atoms with Gasteiger partial charge in [0.1, 0.15) is 11.6 Å². The highest BCUT2D eigenvalue weighted by Crippen LogP contribution is 2.30. The quantitative estimate of drug-likeness (QED) is 0.399. The highest BCUT2D eigenvalue weighted by Gasteiger charge is 2.28. The first-order valence-electron chi connectivity index (χ1n) is 9.75. The number of rotatable bonds is 5.